The van der Waals surface area contributed by atoms with Gasteiger partial charge in [-0.25, -0.2) is 9.13 Å². The normalized spacial score (nSPS) is 14.1. The Morgan fingerprint density at radius 3 is 0.731 bits per heavy atom. The number of rotatable bonds is 73. The molecule has 19 heteroatoms. The first-order chi connectivity index (χ1) is 44.9. The maximum atomic E-state index is 13.1. The van der Waals surface area contributed by atoms with Crippen molar-refractivity contribution in [1.29, 1.82) is 0 Å². The van der Waals surface area contributed by atoms with Crippen LogP contribution in [-0.4, -0.2) is 96.7 Å². The number of hydrogen-bond donors (Lipinski definition) is 3. The molecule has 0 saturated carbocycles. The lowest BCUT2D eigenvalue weighted by Gasteiger charge is -2.21. The molecule has 0 spiro atoms. The van der Waals surface area contributed by atoms with E-state index in [1.165, 1.54) is 186 Å². The molecule has 0 saturated heterocycles. The molecule has 93 heavy (non-hydrogen) atoms. The lowest BCUT2D eigenvalue weighted by atomic mass is 10.0. The molecule has 0 bridgehead atoms. The molecule has 0 aliphatic carbocycles. The predicted octanol–water partition coefficient (Wildman–Crippen LogP) is 21.6. The second kappa shape index (κ2) is 66.0. The fourth-order valence-electron chi connectivity index (χ4n) is 11.3. The Kier molecular flexibility index (Phi) is 64.6. The van der Waals surface area contributed by atoms with Crippen molar-refractivity contribution in [2.75, 3.05) is 39.6 Å². The number of aliphatic hydroxyl groups excluding tert-OH is 1. The summed E-state index contributed by atoms with van der Waals surface area (Å²) in [6.07, 6.45) is 52.8. The van der Waals surface area contributed by atoms with Crippen molar-refractivity contribution in [3.63, 3.8) is 0 Å². The van der Waals surface area contributed by atoms with E-state index in [1.807, 2.05) is 0 Å². The first-order valence-electron chi connectivity index (χ1n) is 38.5. The molecule has 3 N–H and O–H groups in total. The smallest absolute Gasteiger partial charge is 0.462 e. The first kappa shape index (κ1) is 91.1. The molecule has 0 aliphatic heterocycles. The average molecular weight is 1370 g/mol. The summed E-state index contributed by atoms with van der Waals surface area (Å²) >= 11 is 0. The number of aliphatic hydroxyl groups is 1. The summed E-state index contributed by atoms with van der Waals surface area (Å²) < 4.78 is 68.4. The molecule has 0 rings (SSSR count). The Morgan fingerprint density at radius 1 is 0.290 bits per heavy atom. The molecule has 0 aliphatic rings. The molecule has 0 aromatic heterocycles. The lowest BCUT2D eigenvalue weighted by Crippen LogP contribution is -2.30. The molecule has 552 valence electrons. The Balaban J connectivity index is 5.20. The molecule has 0 radical (unpaired) electrons. The number of phosphoric ester groups is 2. The zero-order valence-corrected chi connectivity index (χ0v) is 62.3. The van der Waals surface area contributed by atoms with E-state index in [2.05, 4.69) is 41.5 Å². The summed E-state index contributed by atoms with van der Waals surface area (Å²) in [5.41, 5.74) is 0. The molecule has 0 aromatic carbocycles. The predicted molar refractivity (Wildman–Crippen MR) is 377 cm³/mol. The molecule has 2 unspecified atom stereocenters. The summed E-state index contributed by atoms with van der Waals surface area (Å²) in [5, 5.41) is 10.6. The number of hydrogen-bond acceptors (Lipinski definition) is 15. The van der Waals surface area contributed by atoms with Crippen LogP contribution in [-0.2, 0) is 65.4 Å². The maximum absolute atomic E-state index is 13.1. The Bertz CT molecular complexity index is 1800. The van der Waals surface area contributed by atoms with Gasteiger partial charge in [0, 0.05) is 25.7 Å². The van der Waals surface area contributed by atoms with Gasteiger partial charge in [-0.2, -0.15) is 0 Å². The number of esters is 4. The zero-order chi connectivity index (χ0) is 68.6. The SMILES string of the molecule is CCCCCCCCCCCCCCCCCCCCC(=O)O[C@H](COC(=O)CCCCCCCCCCCCCCC(C)C)COP(=O)(O)OC[C@@H](O)COP(=O)(O)OC[C@@H](COC(=O)CCCCCCCCC)OC(=O)CCCCCCCCCCCCC(C)C. The summed E-state index contributed by atoms with van der Waals surface area (Å²) in [5.74, 6) is -0.588. The van der Waals surface area contributed by atoms with Crippen LogP contribution in [0, 0.1) is 11.8 Å². The number of carbonyl (C=O) groups excluding carboxylic acids is 4. The van der Waals surface area contributed by atoms with Crippen molar-refractivity contribution in [3.05, 3.63) is 0 Å². The van der Waals surface area contributed by atoms with Gasteiger partial charge in [-0.1, -0.05) is 330 Å². The van der Waals surface area contributed by atoms with Gasteiger partial charge in [0.25, 0.3) is 0 Å². The van der Waals surface area contributed by atoms with E-state index in [-0.39, 0.29) is 25.7 Å². The van der Waals surface area contributed by atoms with Crippen LogP contribution in [0.3, 0.4) is 0 Å². The first-order valence-corrected chi connectivity index (χ1v) is 41.5. The molecule has 0 heterocycles. The van der Waals surface area contributed by atoms with E-state index in [0.717, 1.165) is 115 Å². The number of carbonyl (C=O) groups is 4. The average Bonchev–Trinajstić information content (AvgIpc) is 1.51. The topological polar surface area (TPSA) is 237 Å². The van der Waals surface area contributed by atoms with Crippen molar-refractivity contribution in [3.8, 4) is 0 Å². The van der Waals surface area contributed by atoms with Gasteiger partial charge in [-0.05, 0) is 37.5 Å². The Labute approximate surface area is 568 Å². The van der Waals surface area contributed by atoms with E-state index in [4.69, 9.17) is 37.0 Å². The molecule has 0 aromatic rings. The van der Waals surface area contributed by atoms with Crippen molar-refractivity contribution in [1.82, 2.24) is 0 Å². The lowest BCUT2D eigenvalue weighted by molar-refractivity contribution is -0.161. The minimum atomic E-state index is -4.95. The molecular formula is C74H144O17P2. The van der Waals surface area contributed by atoms with E-state index in [0.29, 0.717) is 25.7 Å². The minimum Gasteiger partial charge on any atom is -0.462 e. The minimum absolute atomic E-state index is 0.106. The third kappa shape index (κ3) is 68.4. The molecule has 5 atom stereocenters. The van der Waals surface area contributed by atoms with Gasteiger partial charge in [0.2, 0.25) is 0 Å². The fourth-order valence-corrected chi connectivity index (χ4v) is 12.9. The van der Waals surface area contributed by atoms with Crippen LogP contribution in [0.25, 0.3) is 0 Å². The van der Waals surface area contributed by atoms with E-state index >= 15 is 0 Å². The largest absolute Gasteiger partial charge is 0.472 e. The van der Waals surface area contributed by atoms with Gasteiger partial charge >= 0.3 is 39.5 Å². The number of ether oxygens (including phenoxy) is 4. The molecule has 0 amide bonds. The van der Waals surface area contributed by atoms with Crippen molar-refractivity contribution in [2.45, 2.75) is 400 Å². The fraction of sp³-hybridized carbons (Fsp3) is 0.946. The summed E-state index contributed by atoms with van der Waals surface area (Å²) in [4.78, 5) is 72.6. The molecule has 17 nitrogen and oxygen atoms in total. The van der Waals surface area contributed by atoms with Crippen LogP contribution in [0.5, 0.6) is 0 Å². The van der Waals surface area contributed by atoms with Gasteiger partial charge < -0.3 is 33.8 Å². The molecular weight excluding hydrogens is 1220 g/mol. The van der Waals surface area contributed by atoms with Crippen LogP contribution in [0.15, 0.2) is 0 Å². The van der Waals surface area contributed by atoms with Gasteiger partial charge in [0.05, 0.1) is 26.4 Å². The highest BCUT2D eigenvalue weighted by Gasteiger charge is 2.30. The third-order valence-corrected chi connectivity index (χ3v) is 19.1. The second-order valence-corrected chi connectivity index (χ2v) is 30.5. The van der Waals surface area contributed by atoms with Crippen LogP contribution < -0.4 is 0 Å². The van der Waals surface area contributed by atoms with Crippen molar-refractivity contribution < 1.29 is 80.2 Å². The van der Waals surface area contributed by atoms with Gasteiger partial charge in [-0.15, -0.1) is 0 Å². The van der Waals surface area contributed by atoms with Crippen LogP contribution in [0.1, 0.15) is 382 Å². The third-order valence-electron chi connectivity index (χ3n) is 17.2. The van der Waals surface area contributed by atoms with E-state index in [1.54, 1.807) is 0 Å². The van der Waals surface area contributed by atoms with Crippen molar-refractivity contribution >= 4 is 39.5 Å². The van der Waals surface area contributed by atoms with E-state index < -0.39 is 97.5 Å². The summed E-state index contributed by atoms with van der Waals surface area (Å²) in [7, 11) is -9.90. The second-order valence-electron chi connectivity index (χ2n) is 27.6. The Morgan fingerprint density at radius 2 is 0.495 bits per heavy atom. The van der Waals surface area contributed by atoms with Crippen molar-refractivity contribution in [2.24, 2.45) is 11.8 Å². The van der Waals surface area contributed by atoms with Gasteiger partial charge in [0.1, 0.15) is 19.3 Å². The highest BCUT2D eigenvalue weighted by Crippen LogP contribution is 2.45. The summed E-state index contributed by atoms with van der Waals surface area (Å²) in [6, 6.07) is 0. The van der Waals surface area contributed by atoms with E-state index in [9.17, 15) is 43.2 Å². The standard InChI is InChI=1S/C74H144O17P2/c1-7-9-11-13-15-16-17-18-19-20-21-22-23-28-34-40-46-52-58-73(78)91-70(63-85-72(77)57-51-45-39-33-27-25-24-26-31-37-42-48-54-66(3)4)65-89-93(82,83)87-61-68(75)60-86-92(80,81)88-64-69(62-84-71(76)56-50-44-36-14-12-10-8-2)90-74(79)59-53-47-41-35-30-29-32-38-43-49-55-67(5)6/h66-70,75H,7-65H2,1-6H3,(H,80,81)(H,82,83)/t68-,69+,70+/m0/s1. The van der Waals surface area contributed by atoms with Crippen LogP contribution in [0.2, 0.25) is 0 Å². The Hall–Kier alpha value is -1.94. The van der Waals surface area contributed by atoms with Gasteiger partial charge in [-0.3, -0.25) is 37.3 Å². The van der Waals surface area contributed by atoms with Crippen LogP contribution in [0.4, 0.5) is 0 Å². The number of phosphoric acid groups is 2. The highest BCUT2D eigenvalue weighted by atomic mass is 31.2. The maximum Gasteiger partial charge on any atom is 0.472 e. The van der Waals surface area contributed by atoms with Gasteiger partial charge in [0.15, 0.2) is 12.2 Å². The van der Waals surface area contributed by atoms with Crippen LogP contribution >= 0.6 is 15.6 Å². The zero-order valence-electron chi connectivity index (χ0n) is 60.6. The monoisotopic (exact) mass is 1370 g/mol. The number of unbranched alkanes of at least 4 members (excludes halogenated alkanes) is 43. The quantitative estimate of drug-likeness (QED) is 0.0222. The summed E-state index contributed by atoms with van der Waals surface area (Å²) in [6.45, 7) is 9.54. The molecule has 0 fully saturated rings. The highest BCUT2D eigenvalue weighted by molar-refractivity contribution is 7.47.